The minimum Gasteiger partial charge on any atom is -0.453 e. The van der Waals surface area contributed by atoms with Gasteiger partial charge in [-0.05, 0) is 39.9 Å². The van der Waals surface area contributed by atoms with E-state index in [0.29, 0.717) is 12.7 Å². The van der Waals surface area contributed by atoms with Crippen LogP contribution in [0.4, 0.5) is 0 Å². The highest BCUT2D eigenvalue weighted by atomic mass is 79.9. The summed E-state index contributed by atoms with van der Waals surface area (Å²) in [6, 6.07) is 2.21. The van der Waals surface area contributed by atoms with Gasteiger partial charge < -0.3 is 19.7 Å². The third kappa shape index (κ3) is 3.20. The molecule has 5 heteroatoms. The predicted molar refractivity (Wildman–Crippen MR) is 87.4 cm³/mol. The van der Waals surface area contributed by atoms with Crippen LogP contribution < -0.4 is 14.8 Å². The lowest BCUT2D eigenvalue weighted by Crippen LogP contribution is -2.44. The quantitative estimate of drug-likeness (QED) is 0.901. The summed E-state index contributed by atoms with van der Waals surface area (Å²) >= 11 is 3.62. The zero-order chi connectivity index (χ0) is 14.8. The number of hydrogen-bond donors (Lipinski definition) is 1. The maximum absolute atomic E-state index is 5.73. The number of fused-ring (bicyclic) bond motifs is 1. The molecule has 4 nitrogen and oxygen atoms in total. The van der Waals surface area contributed by atoms with Gasteiger partial charge in [-0.25, -0.2) is 0 Å². The van der Waals surface area contributed by atoms with E-state index >= 15 is 0 Å². The first-order chi connectivity index (χ1) is 10.2. The van der Waals surface area contributed by atoms with Crippen molar-refractivity contribution in [2.24, 2.45) is 0 Å². The van der Waals surface area contributed by atoms with Gasteiger partial charge in [0.1, 0.15) is 0 Å². The molecule has 21 heavy (non-hydrogen) atoms. The summed E-state index contributed by atoms with van der Waals surface area (Å²) in [6.07, 6.45) is 1.06. The highest BCUT2D eigenvalue weighted by Gasteiger charge is 2.26. The first-order valence-electron chi connectivity index (χ1n) is 7.70. The van der Waals surface area contributed by atoms with E-state index < -0.39 is 0 Å². The van der Waals surface area contributed by atoms with Gasteiger partial charge in [-0.15, -0.1) is 0 Å². The van der Waals surface area contributed by atoms with Crippen molar-refractivity contribution in [3.63, 3.8) is 0 Å². The molecule has 0 aromatic heterocycles. The topological polar surface area (TPSA) is 33.7 Å². The van der Waals surface area contributed by atoms with E-state index in [1.54, 1.807) is 0 Å². The van der Waals surface area contributed by atoms with Crippen LogP contribution >= 0.6 is 15.9 Å². The number of rotatable bonds is 4. The molecule has 2 heterocycles. The molecule has 0 unspecified atom stereocenters. The van der Waals surface area contributed by atoms with Crippen molar-refractivity contribution in [2.45, 2.75) is 26.2 Å². The molecule has 1 saturated heterocycles. The molecule has 2 aliphatic heterocycles. The average molecular weight is 355 g/mol. The van der Waals surface area contributed by atoms with Gasteiger partial charge in [0.15, 0.2) is 11.5 Å². The van der Waals surface area contributed by atoms with Gasteiger partial charge >= 0.3 is 0 Å². The molecule has 2 aliphatic rings. The van der Waals surface area contributed by atoms with Crippen LogP contribution in [0.25, 0.3) is 0 Å². The van der Waals surface area contributed by atoms with Crippen LogP contribution in [0.2, 0.25) is 0 Å². The Kier molecular flexibility index (Phi) is 4.72. The Balaban J connectivity index is 1.82. The Bertz CT molecular complexity index is 513. The molecule has 0 bridgehead atoms. The minimum absolute atomic E-state index is 0.328. The third-order valence-corrected chi connectivity index (χ3v) is 4.79. The summed E-state index contributed by atoms with van der Waals surface area (Å²) in [5.41, 5.74) is 2.68. The predicted octanol–water partition coefficient (Wildman–Crippen LogP) is 2.75. The Morgan fingerprint density at radius 3 is 2.67 bits per heavy atom. The molecule has 0 spiro atoms. The summed E-state index contributed by atoms with van der Waals surface area (Å²) in [6.45, 7) is 10.4. The van der Waals surface area contributed by atoms with E-state index in [9.17, 15) is 0 Å². The molecule has 0 saturated carbocycles. The fraction of sp³-hybridized carbons (Fsp3) is 0.625. The molecular formula is C16H23BrN2O2. The maximum atomic E-state index is 5.73. The largest absolute Gasteiger partial charge is 0.453 e. The Morgan fingerprint density at radius 2 is 1.95 bits per heavy atom. The smallest absolute Gasteiger partial charge is 0.231 e. The number of hydrogen-bond acceptors (Lipinski definition) is 4. The number of ether oxygens (including phenoxy) is 2. The molecule has 1 aromatic rings. The number of benzene rings is 1. The molecule has 0 aliphatic carbocycles. The lowest BCUT2D eigenvalue weighted by Gasteiger charge is -2.27. The van der Waals surface area contributed by atoms with E-state index in [0.717, 1.165) is 55.1 Å². The van der Waals surface area contributed by atoms with Crippen molar-refractivity contribution in [1.82, 2.24) is 10.2 Å². The van der Waals surface area contributed by atoms with Crippen molar-refractivity contribution in [3.8, 4) is 11.5 Å². The number of piperazine rings is 1. The van der Waals surface area contributed by atoms with E-state index in [4.69, 9.17) is 9.47 Å². The van der Waals surface area contributed by atoms with Crippen LogP contribution in [0, 0.1) is 0 Å². The van der Waals surface area contributed by atoms with Crippen molar-refractivity contribution in [2.75, 3.05) is 39.5 Å². The fourth-order valence-corrected chi connectivity index (χ4v) is 3.72. The van der Waals surface area contributed by atoms with Gasteiger partial charge in [-0.1, -0.05) is 13.8 Å². The minimum atomic E-state index is 0.328. The van der Waals surface area contributed by atoms with Crippen molar-refractivity contribution < 1.29 is 9.47 Å². The average Bonchev–Trinajstić information content (AvgIpc) is 2.95. The molecule has 0 atom stereocenters. The molecular weight excluding hydrogens is 332 g/mol. The van der Waals surface area contributed by atoms with Gasteiger partial charge in [-0.3, -0.25) is 0 Å². The van der Waals surface area contributed by atoms with E-state index in [1.165, 1.54) is 11.1 Å². The molecule has 1 fully saturated rings. The molecule has 0 radical (unpaired) electrons. The van der Waals surface area contributed by atoms with Crippen molar-refractivity contribution in [3.05, 3.63) is 21.7 Å². The van der Waals surface area contributed by atoms with E-state index in [1.807, 2.05) is 0 Å². The summed E-state index contributed by atoms with van der Waals surface area (Å²) in [7, 11) is 0. The third-order valence-electron chi connectivity index (χ3n) is 4.21. The standard InChI is InChI=1S/C16H23BrN2O2/c1-11(2)14-12(3-6-19-7-4-18-5-8-19)9-13(17)15-16(14)21-10-20-15/h9,11,18H,3-8,10H2,1-2H3. The molecule has 1 aromatic carbocycles. The van der Waals surface area contributed by atoms with Crippen LogP contribution in [0.3, 0.4) is 0 Å². The highest BCUT2D eigenvalue weighted by Crippen LogP contribution is 2.46. The van der Waals surface area contributed by atoms with Gasteiger partial charge in [0.25, 0.3) is 0 Å². The van der Waals surface area contributed by atoms with Crippen LogP contribution in [0.1, 0.15) is 30.9 Å². The van der Waals surface area contributed by atoms with Crippen molar-refractivity contribution >= 4 is 15.9 Å². The first-order valence-corrected chi connectivity index (χ1v) is 8.50. The molecule has 116 valence electrons. The summed E-state index contributed by atoms with van der Waals surface area (Å²) in [5, 5.41) is 3.40. The lowest BCUT2D eigenvalue weighted by molar-refractivity contribution is 0.172. The maximum Gasteiger partial charge on any atom is 0.231 e. The van der Waals surface area contributed by atoms with E-state index in [-0.39, 0.29) is 0 Å². The Hall–Kier alpha value is -0.780. The Morgan fingerprint density at radius 1 is 1.24 bits per heavy atom. The number of nitrogens with zero attached hydrogens (tertiary/aromatic N) is 1. The van der Waals surface area contributed by atoms with Crippen LogP contribution in [0.5, 0.6) is 11.5 Å². The second kappa shape index (κ2) is 6.55. The molecule has 0 amide bonds. The zero-order valence-electron chi connectivity index (χ0n) is 12.7. The zero-order valence-corrected chi connectivity index (χ0v) is 14.3. The number of nitrogens with one attached hydrogen (secondary N) is 1. The summed E-state index contributed by atoms with van der Waals surface area (Å²) in [4.78, 5) is 2.53. The number of halogens is 1. The second-order valence-corrected chi connectivity index (χ2v) is 6.85. The summed E-state index contributed by atoms with van der Waals surface area (Å²) < 4.78 is 12.3. The van der Waals surface area contributed by atoms with Crippen molar-refractivity contribution in [1.29, 1.82) is 0 Å². The fourth-order valence-electron chi connectivity index (χ4n) is 3.15. The van der Waals surface area contributed by atoms with E-state index in [2.05, 4.69) is 46.1 Å². The van der Waals surface area contributed by atoms with Gasteiger partial charge in [-0.2, -0.15) is 0 Å². The normalized spacial score (nSPS) is 18.5. The lowest BCUT2D eigenvalue weighted by atomic mass is 9.93. The summed E-state index contributed by atoms with van der Waals surface area (Å²) in [5.74, 6) is 2.24. The second-order valence-electron chi connectivity index (χ2n) is 5.99. The van der Waals surface area contributed by atoms with Gasteiger partial charge in [0, 0.05) is 38.3 Å². The monoisotopic (exact) mass is 354 g/mol. The molecule has 3 rings (SSSR count). The highest BCUT2D eigenvalue weighted by molar-refractivity contribution is 9.10. The SMILES string of the molecule is CC(C)c1c(CCN2CCNCC2)cc(Br)c2c1OCO2. The molecule has 1 N–H and O–H groups in total. The van der Waals surface area contributed by atoms with Gasteiger partial charge in [0.05, 0.1) is 4.47 Å². The van der Waals surface area contributed by atoms with Crippen LogP contribution in [0.15, 0.2) is 10.5 Å². The Labute approximate surface area is 134 Å². The van der Waals surface area contributed by atoms with Gasteiger partial charge in [0.2, 0.25) is 6.79 Å². The van der Waals surface area contributed by atoms with Crippen LogP contribution in [-0.2, 0) is 6.42 Å². The first kappa shape index (κ1) is 15.1. The van der Waals surface area contributed by atoms with Crippen LogP contribution in [-0.4, -0.2) is 44.4 Å².